The molecule has 1 aromatic heterocycles. The Morgan fingerprint density at radius 1 is 1.37 bits per heavy atom. The number of nitrogen functional groups attached to an aromatic ring is 1. The van der Waals surface area contributed by atoms with Crippen molar-refractivity contribution in [3.8, 4) is 0 Å². The highest BCUT2D eigenvalue weighted by Gasteiger charge is 2.26. The van der Waals surface area contributed by atoms with Crippen molar-refractivity contribution in [2.24, 2.45) is 11.8 Å². The van der Waals surface area contributed by atoms with Crippen LogP contribution in [-0.4, -0.2) is 16.9 Å². The van der Waals surface area contributed by atoms with Gasteiger partial charge in [0, 0.05) is 12.2 Å². The molecule has 2 rings (SSSR count). The smallest absolute Gasteiger partial charge is 0.254 e. The Morgan fingerprint density at radius 3 is 2.63 bits per heavy atom. The summed E-state index contributed by atoms with van der Waals surface area (Å²) in [5.41, 5.74) is 5.34. The number of halogens is 1. The Labute approximate surface area is 112 Å². The maximum atomic E-state index is 13.7. The molecule has 2 atom stereocenters. The average Bonchev–Trinajstić information content (AvgIpc) is 2.31. The highest BCUT2D eigenvalue weighted by atomic mass is 19.1. The van der Waals surface area contributed by atoms with Gasteiger partial charge in [-0.05, 0) is 37.2 Å². The number of pyridine rings is 1. The number of hydrogen-bond donors (Lipinski definition) is 2. The van der Waals surface area contributed by atoms with Crippen molar-refractivity contribution in [1.29, 1.82) is 0 Å². The van der Waals surface area contributed by atoms with Gasteiger partial charge in [-0.2, -0.15) is 0 Å². The minimum absolute atomic E-state index is 0.0293. The summed E-state index contributed by atoms with van der Waals surface area (Å²) in [5, 5.41) is 2.90. The van der Waals surface area contributed by atoms with E-state index in [2.05, 4.69) is 24.1 Å². The first kappa shape index (κ1) is 13.8. The molecule has 1 aliphatic carbocycles. The Bertz CT molecular complexity index is 468. The highest BCUT2D eigenvalue weighted by molar-refractivity contribution is 5.95. The van der Waals surface area contributed by atoms with E-state index < -0.39 is 11.7 Å². The van der Waals surface area contributed by atoms with Gasteiger partial charge in [0.1, 0.15) is 0 Å². The third-order valence-corrected chi connectivity index (χ3v) is 3.67. The molecule has 1 saturated carbocycles. The molecule has 104 valence electrons. The molecule has 3 N–H and O–H groups in total. The van der Waals surface area contributed by atoms with Crippen molar-refractivity contribution in [2.45, 2.75) is 39.2 Å². The maximum absolute atomic E-state index is 13.7. The Morgan fingerprint density at radius 2 is 2.00 bits per heavy atom. The normalized spacial score (nSPS) is 27.0. The van der Waals surface area contributed by atoms with Crippen LogP contribution in [0.2, 0.25) is 0 Å². The first-order chi connectivity index (χ1) is 8.97. The molecular formula is C14H20FN3O. The molecule has 0 aromatic carbocycles. The highest BCUT2D eigenvalue weighted by Crippen LogP contribution is 2.28. The number of hydrogen-bond acceptors (Lipinski definition) is 3. The van der Waals surface area contributed by atoms with Gasteiger partial charge in [0.25, 0.3) is 5.91 Å². The Balaban J connectivity index is 2.06. The molecular weight excluding hydrogens is 245 g/mol. The van der Waals surface area contributed by atoms with Crippen LogP contribution in [0.4, 0.5) is 10.2 Å². The molecule has 0 radical (unpaired) electrons. The maximum Gasteiger partial charge on any atom is 0.254 e. The Kier molecular flexibility index (Phi) is 4.02. The number of rotatable bonds is 2. The monoisotopic (exact) mass is 265 g/mol. The van der Waals surface area contributed by atoms with Crippen LogP contribution in [0, 0.1) is 17.7 Å². The lowest BCUT2D eigenvalue weighted by atomic mass is 9.80. The average molecular weight is 265 g/mol. The van der Waals surface area contributed by atoms with E-state index in [1.807, 2.05) is 0 Å². The number of nitrogens with one attached hydrogen (secondary N) is 1. The molecule has 2 unspecified atom stereocenters. The minimum atomic E-state index is -0.739. The van der Waals surface area contributed by atoms with E-state index in [0.29, 0.717) is 11.8 Å². The van der Waals surface area contributed by atoms with E-state index in [0.717, 1.165) is 12.8 Å². The summed E-state index contributed by atoms with van der Waals surface area (Å²) in [4.78, 5) is 15.7. The largest absolute Gasteiger partial charge is 0.381 e. The summed E-state index contributed by atoms with van der Waals surface area (Å²) in [7, 11) is 0. The number of carbonyl (C=O) groups is 1. The fourth-order valence-electron chi connectivity index (χ4n) is 2.96. The van der Waals surface area contributed by atoms with Crippen molar-refractivity contribution in [1.82, 2.24) is 10.3 Å². The molecule has 5 heteroatoms. The van der Waals surface area contributed by atoms with Crippen LogP contribution in [0.15, 0.2) is 12.3 Å². The summed E-state index contributed by atoms with van der Waals surface area (Å²) in [6.07, 6.45) is 4.42. The molecule has 4 nitrogen and oxygen atoms in total. The summed E-state index contributed by atoms with van der Waals surface area (Å²) < 4.78 is 13.7. The number of anilines is 1. The molecule has 1 heterocycles. The molecule has 19 heavy (non-hydrogen) atoms. The van der Waals surface area contributed by atoms with E-state index in [1.54, 1.807) is 0 Å². The lowest BCUT2D eigenvalue weighted by Crippen LogP contribution is -2.40. The zero-order chi connectivity index (χ0) is 14.0. The van der Waals surface area contributed by atoms with Gasteiger partial charge in [-0.3, -0.25) is 4.79 Å². The minimum Gasteiger partial charge on any atom is -0.381 e. The van der Waals surface area contributed by atoms with Crippen LogP contribution < -0.4 is 11.1 Å². The van der Waals surface area contributed by atoms with Crippen LogP contribution >= 0.6 is 0 Å². The van der Waals surface area contributed by atoms with Gasteiger partial charge < -0.3 is 11.1 Å². The molecule has 0 bridgehead atoms. The van der Waals surface area contributed by atoms with Crippen molar-refractivity contribution in [3.05, 3.63) is 23.6 Å². The SMILES string of the molecule is CC1CC(C)CC(NC(=O)c2ccnc(N)c2F)C1. The van der Waals surface area contributed by atoms with Crippen LogP contribution in [0.1, 0.15) is 43.5 Å². The van der Waals surface area contributed by atoms with Gasteiger partial charge in [0.2, 0.25) is 0 Å². The predicted octanol–water partition coefficient (Wildman–Crippen LogP) is 2.36. The van der Waals surface area contributed by atoms with Crippen molar-refractivity contribution >= 4 is 11.7 Å². The quantitative estimate of drug-likeness (QED) is 0.862. The number of amides is 1. The third kappa shape index (κ3) is 3.22. The second kappa shape index (κ2) is 5.55. The standard InChI is InChI=1S/C14H20FN3O/c1-8-5-9(2)7-10(6-8)18-14(19)11-3-4-17-13(16)12(11)15/h3-4,8-10H,5-7H2,1-2H3,(H2,16,17)(H,18,19). The van der Waals surface area contributed by atoms with E-state index >= 15 is 0 Å². The van der Waals surface area contributed by atoms with Crippen LogP contribution in [-0.2, 0) is 0 Å². The predicted molar refractivity (Wildman–Crippen MR) is 72.0 cm³/mol. The van der Waals surface area contributed by atoms with Gasteiger partial charge >= 0.3 is 0 Å². The first-order valence-electron chi connectivity index (χ1n) is 6.68. The third-order valence-electron chi connectivity index (χ3n) is 3.67. The molecule has 1 aliphatic rings. The van der Waals surface area contributed by atoms with Gasteiger partial charge in [-0.25, -0.2) is 9.37 Å². The zero-order valence-corrected chi connectivity index (χ0v) is 11.3. The van der Waals surface area contributed by atoms with Crippen LogP contribution in [0.3, 0.4) is 0 Å². The van der Waals surface area contributed by atoms with Crippen molar-refractivity contribution < 1.29 is 9.18 Å². The molecule has 0 spiro atoms. The molecule has 1 fully saturated rings. The second-order valence-electron chi connectivity index (χ2n) is 5.65. The number of nitrogens with two attached hydrogens (primary N) is 1. The summed E-state index contributed by atoms with van der Waals surface area (Å²) >= 11 is 0. The number of aromatic nitrogens is 1. The summed E-state index contributed by atoms with van der Waals surface area (Å²) in [6, 6.07) is 1.47. The van der Waals surface area contributed by atoms with Crippen molar-refractivity contribution in [3.63, 3.8) is 0 Å². The van der Waals surface area contributed by atoms with Gasteiger partial charge in [-0.1, -0.05) is 13.8 Å². The van der Waals surface area contributed by atoms with Gasteiger partial charge in [-0.15, -0.1) is 0 Å². The Hall–Kier alpha value is -1.65. The lowest BCUT2D eigenvalue weighted by Gasteiger charge is -2.32. The molecule has 1 amide bonds. The van der Waals surface area contributed by atoms with Gasteiger partial charge in [0.15, 0.2) is 11.6 Å². The van der Waals surface area contributed by atoms with Gasteiger partial charge in [0.05, 0.1) is 5.56 Å². The van der Waals surface area contributed by atoms with E-state index in [9.17, 15) is 9.18 Å². The molecule has 0 saturated heterocycles. The first-order valence-corrected chi connectivity index (χ1v) is 6.68. The van der Waals surface area contributed by atoms with E-state index in [4.69, 9.17) is 5.73 Å². The topological polar surface area (TPSA) is 68.0 Å². The van der Waals surface area contributed by atoms with Crippen molar-refractivity contribution in [2.75, 3.05) is 5.73 Å². The lowest BCUT2D eigenvalue weighted by molar-refractivity contribution is 0.0907. The van der Waals surface area contributed by atoms with E-state index in [-0.39, 0.29) is 17.4 Å². The number of nitrogens with zero attached hydrogens (tertiary/aromatic N) is 1. The summed E-state index contributed by atoms with van der Waals surface area (Å²) in [5.74, 6) is -0.212. The zero-order valence-electron chi connectivity index (χ0n) is 11.3. The molecule has 1 aromatic rings. The summed E-state index contributed by atoms with van der Waals surface area (Å²) in [6.45, 7) is 4.36. The van der Waals surface area contributed by atoms with Crippen LogP contribution in [0.5, 0.6) is 0 Å². The molecule has 0 aliphatic heterocycles. The van der Waals surface area contributed by atoms with E-state index in [1.165, 1.54) is 18.7 Å². The fourth-order valence-corrected chi connectivity index (χ4v) is 2.96. The fraction of sp³-hybridized carbons (Fsp3) is 0.571. The number of carbonyl (C=O) groups excluding carboxylic acids is 1. The van der Waals surface area contributed by atoms with Crippen LogP contribution in [0.25, 0.3) is 0 Å². The second-order valence-corrected chi connectivity index (χ2v) is 5.65.